The van der Waals surface area contributed by atoms with Crippen LogP contribution in [0.5, 0.6) is 28.7 Å². The van der Waals surface area contributed by atoms with E-state index in [4.69, 9.17) is 23.7 Å². The Bertz CT molecular complexity index is 3540. The molecule has 10 rings (SSSR count). The Labute approximate surface area is 451 Å². The number of rotatable bonds is 13. The van der Waals surface area contributed by atoms with Gasteiger partial charge in [0, 0.05) is 17.8 Å². The minimum Gasteiger partial charge on any atom is -0.496 e. The lowest BCUT2D eigenvalue weighted by atomic mass is 9.65. The Balaban J connectivity index is 0.793. The van der Waals surface area contributed by atoms with Crippen molar-refractivity contribution < 1.29 is 42.9 Å². The fraction of sp³-hybridized carbons (Fsp3) is 0.265. The number of esters is 4. The van der Waals surface area contributed by atoms with Crippen LogP contribution in [0.15, 0.2) is 158 Å². The highest BCUT2D eigenvalue weighted by atomic mass is 16.5. The second-order valence-electron chi connectivity index (χ2n) is 21.1. The van der Waals surface area contributed by atoms with Gasteiger partial charge in [-0.15, -0.1) is 0 Å². The molecule has 8 aromatic rings. The number of carbonyl (C=O) groups excluding carboxylic acids is 4. The van der Waals surface area contributed by atoms with E-state index in [1.54, 1.807) is 55.6 Å². The van der Waals surface area contributed by atoms with E-state index in [0.717, 1.165) is 119 Å². The zero-order chi connectivity index (χ0) is 53.8. The topological polar surface area (TPSA) is 114 Å². The van der Waals surface area contributed by atoms with Crippen molar-refractivity contribution in [1.29, 1.82) is 0 Å². The SMILES string of the molecule is COc1ccc(C2(c3ccc(OC(=O)c4ccc5cc(C(=O)Oc6ccc(C7(c8ccc(OC(=O)c9ccc(-c%10ccc(OC(C)=O)cc%10)cc9)c(C)c8)CCCCC7)cc6C)ccc5c4)c(C)c3)CCCCC2)cc1C. The van der Waals surface area contributed by atoms with Gasteiger partial charge in [-0.3, -0.25) is 4.79 Å². The van der Waals surface area contributed by atoms with Crippen molar-refractivity contribution in [2.24, 2.45) is 0 Å². The first-order chi connectivity index (χ1) is 37.2. The predicted octanol–water partition coefficient (Wildman–Crippen LogP) is 15.8. The van der Waals surface area contributed by atoms with Crippen LogP contribution in [0, 0.1) is 27.7 Å². The Morgan fingerprint density at radius 1 is 0.364 bits per heavy atom. The Morgan fingerprint density at radius 3 is 1.05 bits per heavy atom. The van der Waals surface area contributed by atoms with Crippen molar-refractivity contribution in [1.82, 2.24) is 0 Å². The third kappa shape index (κ3) is 10.9. The molecule has 2 aliphatic carbocycles. The first kappa shape index (κ1) is 52.2. The van der Waals surface area contributed by atoms with Crippen LogP contribution in [0.25, 0.3) is 21.9 Å². The Hall–Kier alpha value is -8.30. The molecule has 0 aliphatic heterocycles. The van der Waals surface area contributed by atoms with Crippen molar-refractivity contribution in [2.45, 2.75) is 110 Å². The summed E-state index contributed by atoms with van der Waals surface area (Å²) in [6.45, 7) is 9.40. The molecule has 8 aromatic carbocycles. The van der Waals surface area contributed by atoms with Gasteiger partial charge in [-0.1, -0.05) is 123 Å². The van der Waals surface area contributed by atoms with Gasteiger partial charge in [-0.25, -0.2) is 14.4 Å². The molecule has 2 fully saturated rings. The number of methoxy groups -OCH3 is 1. The molecule has 0 saturated heterocycles. The third-order valence-electron chi connectivity index (χ3n) is 16.0. The molecule has 390 valence electrons. The number of ether oxygens (including phenoxy) is 5. The minimum absolute atomic E-state index is 0.115. The van der Waals surface area contributed by atoms with Crippen LogP contribution in [0.3, 0.4) is 0 Å². The van der Waals surface area contributed by atoms with Crippen LogP contribution in [0.1, 0.15) is 147 Å². The normalized spacial score (nSPS) is 14.8. The maximum Gasteiger partial charge on any atom is 0.343 e. The van der Waals surface area contributed by atoms with Gasteiger partial charge >= 0.3 is 23.9 Å². The van der Waals surface area contributed by atoms with E-state index >= 15 is 0 Å². The lowest BCUT2D eigenvalue weighted by Gasteiger charge is -2.39. The van der Waals surface area contributed by atoms with Crippen LogP contribution in [0.2, 0.25) is 0 Å². The summed E-state index contributed by atoms with van der Waals surface area (Å²) < 4.78 is 28.8. The lowest BCUT2D eigenvalue weighted by molar-refractivity contribution is -0.131. The number of aryl methyl sites for hydroxylation is 4. The molecule has 0 N–H and O–H groups in total. The number of carbonyl (C=O) groups is 4. The van der Waals surface area contributed by atoms with Crippen LogP contribution >= 0.6 is 0 Å². The molecule has 0 spiro atoms. The van der Waals surface area contributed by atoms with E-state index in [1.165, 1.54) is 24.5 Å². The second-order valence-corrected chi connectivity index (χ2v) is 21.1. The molecule has 9 heteroatoms. The van der Waals surface area contributed by atoms with Gasteiger partial charge < -0.3 is 23.7 Å². The molecular weight excluding hydrogens is 961 g/mol. The van der Waals surface area contributed by atoms with E-state index in [-0.39, 0.29) is 16.8 Å². The Kier molecular flexibility index (Phi) is 15.0. The molecule has 0 atom stereocenters. The molecule has 0 amide bonds. The molecule has 0 unspecified atom stereocenters. The Morgan fingerprint density at radius 2 is 0.701 bits per heavy atom. The van der Waals surface area contributed by atoms with E-state index in [2.05, 4.69) is 61.5 Å². The number of benzene rings is 8. The third-order valence-corrected chi connectivity index (χ3v) is 16.0. The fourth-order valence-corrected chi connectivity index (χ4v) is 11.8. The fourth-order valence-electron chi connectivity index (χ4n) is 11.8. The van der Waals surface area contributed by atoms with Crippen LogP contribution in [-0.4, -0.2) is 31.0 Å². The summed E-state index contributed by atoms with van der Waals surface area (Å²) >= 11 is 0. The van der Waals surface area contributed by atoms with Crippen LogP contribution < -0.4 is 23.7 Å². The standard InChI is InChI=1S/C68H64O9/c1-43-37-55(23-29-60(43)73-6)67(33-9-7-10-34-67)56-25-31-62(45(3)39-56)76-65(71)53-19-17-52-42-54(20-18-51(52)41-53)66(72)77-63-32-26-58(40-46(63)4)68(35-11-8-12-36-68)57-24-30-61(44(2)38-57)75-64(70)50-15-13-48(14-16-50)49-21-27-59(28-22-49)74-47(5)69/h13-32,37-42H,7-12,33-36H2,1-6H3. The maximum absolute atomic E-state index is 13.8. The molecule has 0 bridgehead atoms. The van der Waals surface area contributed by atoms with E-state index in [0.29, 0.717) is 39.7 Å². The van der Waals surface area contributed by atoms with Gasteiger partial charge in [0.1, 0.15) is 28.7 Å². The molecule has 0 radical (unpaired) electrons. The highest BCUT2D eigenvalue weighted by Gasteiger charge is 2.38. The van der Waals surface area contributed by atoms with Gasteiger partial charge in [0.25, 0.3) is 0 Å². The quantitative estimate of drug-likeness (QED) is 0.0822. The van der Waals surface area contributed by atoms with Crippen LogP contribution in [-0.2, 0) is 15.6 Å². The first-order valence-electron chi connectivity index (χ1n) is 26.8. The lowest BCUT2D eigenvalue weighted by Crippen LogP contribution is -2.30. The molecule has 9 nitrogen and oxygen atoms in total. The van der Waals surface area contributed by atoms with Crippen molar-refractivity contribution in [3.8, 4) is 39.9 Å². The summed E-state index contributed by atoms with van der Waals surface area (Å²) in [7, 11) is 1.71. The summed E-state index contributed by atoms with van der Waals surface area (Å²) in [5, 5.41) is 1.59. The van der Waals surface area contributed by atoms with E-state index in [1.807, 2.05) is 75.4 Å². The predicted molar refractivity (Wildman–Crippen MR) is 301 cm³/mol. The molecule has 77 heavy (non-hydrogen) atoms. The molecule has 0 heterocycles. The molecular formula is C68H64O9. The smallest absolute Gasteiger partial charge is 0.343 e. The molecule has 2 aliphatic rings. The summed E-state index contributed by atoms with van der Waals surface area (Å²) in [6, 6.07) is 50.2. The van der Waals surface area contributed by atoms with E-state index in [9.17, 15) is 19.2 Å². The number of hydrogen-bond acceptors (Lipinski definition) is 9. The first-order valence-corrected chi connectivity index (χ1v) is 26.8. The zero-order valence-electron chi connectivity index (χ0n) is 44.8. The van der Waals surface area contributed by atoms with Crippen molar-refractivity contribution in [2.75, 3.05) is 7.11 Å². The zero-order valence-corrected chi connectivity index (χ0v) is 44.8. The van der Waals surface area contributed by atoms with E-state index < -0.39 is 17.9 Å². The van der Waals surface area contributed by atoms with Gasteiger partial charge in [0.15, 0.2) is 0 Å². The van der Waals surface area contributed by atoms with Gasteiger partial charge in [0.05, 0.1) is 23.8 Å². The van der Waals surface area contributed by atoms with Gasteiger partial charge in [-0.05, 0) is 193 Å². The minimum atomic E-state index is -0.473. The highest BCUT2D eigenvalue weighted by molar-refractivity contribution is 6.00. The second kappa shape index (κ2) is 22.1. The van der Waals surface area contributed by atoms with Crippen LogP contribution in [0.4, 0.5) is 0 Å². The summed E-state index contributed by atoms with van der Waals surface area (Å²) in [5.74, 6) is 1.13. The molecule has 2 saturated carbocycles. The van der Waals surface area contributed by atoms with Gasteiger partial charge in [-0.2, -0.15) is 0 Å². The average molecular weight is 1030 g/mol. The highest BCUT2D eigenvalue weighted by Crippen LogP contribution is 2.48. The van der Waals surface area contributed by atoms with Crippen molar-refractivity contribution in [3.63, 3.8) is 0 Å². The number of fused-ring (bicyclic) bond motifs is 1. The summed E-state index contributed by atoms with van der Waals surface area (Å²) in [4.78, 5) is 52.1. The average Bonchev–Trinajstić information content (AvgIpc) is 3.49. The summed E-state index contributed by atoms with van der Waals surface area (Å²) in [5.41, 5.74) is 11.3. The van der Waals surface area contributed by atoms with Gasteiger partial charge in [0.2, 0.25) is 0 Å². The van der Waals surface area contributed by atoms with Crippen molar-refractivity contribution in [3.05, 3.63) is 219 Å². The summed E-state index contributed by atoms with van der Waals surface area (Å²) in [6.07, 6.45) is 10.9. The monoisotopic (exact) mass is 1020 g/mol. The molecule has 0 aromatic heterocycles. The largest absolute Gasteiger partial charge is 0.496 e. The van der Waals surface area contributed by atoms with Crippen molar-refractivity contribution >= 4 is 34.6 Å². The maximum atomic E-state index is 13.8. The number of hydrogen-bond donors (Lipinski definition) is 0.